The van der Waals surface area contributed by atoms with Gasteiger partial charge in [0.05, 0.1) is 0 Å². The molecule has 1 heterocycles. The number of nitrogens with one attached hydrogen (secondary N) is 1. The van der Waals surface area contributed by atoms with Crippen molar-refractivity contribution < 1.29 is 0 Å². The molecule has 0 spiro atoms. The molecule has 2 atom stereocenters. The average Bonchev–Trinajstić information content (AvgIpc) is 2.93. The number of hydrogen-bond acceptors (Lipinski definition) is 3. The molecule has 0 radical (unpaired) electrons. The molecule has 2 unspecified atom stereocenters. The van der Waals surface area contributed by atoms with Gasteiger partial charge in [0.1, 0.15) is 0 Å². The first kappa shape index (κ1) is 16.9. The molecule has 0 aromatic heterocycles. The van der Waals surface area contributed by atoms with E-state index in [1.807, 2.05) is 0 Å². The van der Waals surface area contributed by atoms with Gasteiger partial charge in [-0.1, -0.05) is 41.1 Å². The highest BCUT2D eigenvalue weighted by Crippen LogP contribution is 2.26. The molecular formula is C17H28BrN3. The highest BCUT2D eigenvalue weighted by molar-refractivity contribution is 9.10. The lowest BCUT2D eigenvalue weighted by molar-refractivity contribution is 0.260. The van der Waals surface area contributed by atoms with Crippen molar-refractivity contribution in [1.29, 1.82) is 0 Å². The van der Waals surface area contributed by atoms with E-state index in [4.69, 9.17) is 0 Å². The fraction of sp³-hybridized carbons (Fsp3) is 0.647. The molecular weight excluding hydrogens is 326 g/mol. The summed E-state index contributed by atoms with van der Waals surface area (Å²) in [6, 6.07) is 9.73. The summed E-state index contributed by atoms with van der Waals surface area (Å²) in [5.74, 6) is 0. The largest absolute Gasteiger partial charge is 0.310 e. The molecule has 21 heavy (non-hydrogen) atoms. The van der Waals surface area contributed by atoms with Crippen LogP contribution in [0.5, 0.6) is 0 Å². The zero-order chi connectivity index (χ0) is 15.2. The zero-order valence-electron chi connectivity index (χ0n) is 13.5. The molecule has 0 amide bonds. The van der Waals surface area contributed by atoms with Gasteiger partial charge in [0.15, 0.2) is 0 Å². The van der Waals surface area contributed by atoms with Gasteiger partial charge in [0.25, 0.3) is 0 Å². The average molecular weight is 354 g/mol. The minimum absolute atomic E-state index is 0.434. The Kier molecular flexibility index (Phi) is 6.68. The predicted molar refractivity (Wildman–Crippen MR) is 93.7 cm³/mol. The maximum atomic E-state index is 3.69. The summed E-state index contributed by atoms with van der Waals surface area (Å²) in [6.07, 6.45) is 2.46. The second-order valence-electron chi connectivity index (χ2n) is 6.13. The van der Waals surface area contributed by atoms with E-state index in [-0.39, 0.29) is 0 Å². The number of hydrogen-bond donors (Lipinski definition) is 1. The highest BCUT2D eigenvalue weighted by Gasteiger charge is 2.24. The normalized spacial score (nSPS) is 21.1. The van der Waals surface area contributed by atoms with Crippen LogP contribution in [0.4, 0.5) is 0 Å². The molecule has 0 aliphatic carbocycles. The third-order valence-corrected chi connectivity index (χ3v) is 5.17. The first-order chi connectivity index (χ1) is 10.1. The predicted octanol–water partition coefficient (Wildman–Crippen LogP) is 3.13. The molecule has 1 N–H and O–H groups in total. The molecule has 1 aromatic rings. The third kappa shape index (κ3) is 4.78. The van der Waals surface area contributed by atoms with Crippen molar-refractivity contribution >= 4 is 15.9 Å². The van der Waals surface area contributed by atoms with E-state index >= 15 is 0 Å². The smallest absolute Gasteiger partial charge is 0.0343 e. The third-order valence-electron chi connectivity index (χ3n) is 4.44. The Morgan fingerprint density at radius 3 is 2.76 bits per heavy atom. The summed E-state index contributed by atoms with van der Waals surface area (Å²) in [4.78, 5) is 4.96. The molecule has 1 aliphatic rings. The first-order valence-electron chi connectivity index (χ1n) is 7.98. The van der Waals surface area contributed by atoms with Gasteiger partial charge in [0.2, 0.25) is 0 Å². The van der Waals surface area contributed by atoms with Crippen molar-refractivity contribution in [2.45, 2.75) is 31.8 Å². The van der Waals surface area contributed by atoms with Crippen LogP contribution in [0, 0.1) is 0 Å². The Balaban J connectivity index is 1.91. The lowest BCUT2D eigenvalue weighted by atomic mass is 10.0. The van der Waals surface area contributed by atoms with Crippen molar-refractivity contribution in [3.05, 3.63) is 34.3 Å². The Hall–Kier alpha value is -0.420. The summed E-state index contributed by atoms with van der Waals surface area (Å²) in [6.45, 7) is 6.80. The molecule has 118 valence electrons. The second-order valence-corrected chi connectivity index (χ2v) is 6.98. The highest BCUT2D eigenvalue weighted by atomic mass is 79.9. The minimum Gasteiger partial charge on any atom is -0.310 e. The van der Waals surface area contributed by atoms with Gasteiger partial charge in [-0.3, -0.25) is 0 Å². The summed E-state index contributed by atoms with van der Waals surface area (Å²) >= 11 is 3.69. The van der Waals surface area contributed by atoms with E-state index in [1.54, 1.807) is 0 Å². The summed E-state index contributed by atoms with van der Waals surface area (Å²) in [7, 11) is 4.38. The van der Waals surface area contributed by atoms with Crippen LogP contribution in [0.2, 0.25) is 0 Å². The Bertz CT molecular complexity index is 436. The molecule has 4 heteroatoms. The van der Waals surface area contributed by atoms with E-state index in [0.717, 1.165) is 19.0 Å². The molecule has 2 rings (SSSR count). The van der Waals surface area contributed by atoms with Crippen LogP contribution in [-0.2, 0) is 0 Å². The number of rotatable bonds is 7. The molecule has 1 saturated heterocycles. The molecule has 1 aliphatic heterocycles. The summed E-state index contributed by atoms with van der Waals surface area (Å²) < 4.78 is 1.21. The van der Waals surface area contributed by atoms with Crippen LogP contribution in [0.1, 0.15) is 31.4 Å². The van der Waals surface area contributed by atoms with Crippen LogP contribution in [0.15, 0.2) is 28.7 Å². The number of halogens is 1. The van der Waals surface area contributed by atoms with Crippen LogP contribution >= 0.6 is 15.9 Å². The fourth-order valence-electron chi connectivity index (χ4n) is 3.12. The van der Waals surface area contributed by atoms with E-state index < -0.39 is 0 Å². The number of benzene rings is 1. The maximum absolute atomic E-state index is 3.69. The minimum atomic E-state index is 0.434. The van der Waals surface area contributed by atoms with Gasteiger partial charge >= 0.3 is 0 Å². The SMILES string of the molecule is CCNC(CCN1CCC(N(C)C)C1)c1ccccc1Br. The van der Waals surface area contributed by atoms with Crippen molar-refractivity contribution in [1.82, 2.24) is 15.1 Å². The van der Waals surface area contributed by atoms with Crippen molar-refractivity contribution in [3.8, 4) is 0 Å². The van der Waals surface area contributed by atoms with E-state index in [2.05, 4.69) is 76.3 Å². The van der Waals surface area contributed by atoms with E-state index in [9.17, 15) is 0 Å². The molecule has 0 saturated carbocycles. The number of likely N-dealkylation sites (tertiary alicyclic amines) is 1. The Morgan fingerprint density at radius 1 is 1.38 bits per heavy atom. The number of likely N-dealkylation sites (N-methyl/N-ethyl adjacent to an activating group) is 1. The Labute approximate surface area is 137 Å². The van der Waals surface area contributed by atoms with Crippen molar-refractivity contribution in [2.75, 3.05) is 40.3 Å². The maximum Gasteiger partial charge on any atom is 0.0343 e. The molecule has 0 bridgehead atoms. The first-order valence-corrected chi connectivity index (χ1v) is 8.77. The molecule has 3 nitrogen and oxygen atoms in total. The van der Waals surface area contributed by atoms with E-state index in [0.29, 0.717) is 6.04 Å². The lowest BCUT2D eigenvalue weighted by Gasteiger charge is -2.24. The molecule has 1 fully saturated rings. The second kappa shape index (κ2) is 8.28. The monoisotopic (exact) mass is 353 g/mol. The van der Waals surface area contributed by atoms with Crippen molar-refractivity contribution in [2.24, 2.45) is 0 Å². The Morgan fingerprint density at radius 2 is 2.14 bits per heavy atom. The van der Waals surface area contributed by atoms with Gasteiger partial charge in [-0.2, -0.15) is 0 Å². The van der Waals surface area contributed by atoms with Crippen LogP contribution in [0.25, 0.3) is 0 Å². The number of nitrogens with zero attached hydrogens (tertiary/aromatic N) is 2. The zero-order valence-corrected chi connectivity index (χ0v) is 15.1. The lowest BCUT2D eigenvalue weighted by Crippen LogP contribution is -2.33. The van der Waals surface area contributed by atoms with E-state index in [1.165, 1.54) is 36.1 Å². The van der Waals surface area contributed by atoms with Gasteiger partial charge in [-0.15, -0.1) is 0 Å². The fourth-order valence-corrected chi connectivity index (χ4v) is 3.68. The summed E-state index contributed by atoms with van der Waals surface area (Å²) in [5.41, 5.74) is 1.38. The van der Waals surface area contributed by atoms with Crippen LogP contribution in [-0.4, -0.2) is 56.1 Å². The molecule has 1 aromatic carbocycles. The topological polar surface area (TPSA) is 18.5 Å². The van der Waals surface area contributed by atoms with Gasteiger partial charge in [-0.05, 0) is 51.7 Å². The van der Waals surface area contributed by atoms with Gasteiger partial charge in [0, 0.05) is 29.6 Å². The van der Waals surface area contributed by atoms with Gasteiger partial charge < -0.3 is 15.1 Å². The quantitative estimate of drug-likeness (QED) is 0.812. The van der Waals surface area contributed by atoms with Gasteiger partial charge in [-0.25, -0.2) is 0 Å². The van der Waals surface area contributed by atoms with Crippen molar-refractivity contribution in [3.63, 3.8) is 0 Å². The standard InChI is InChI=1S/C17H28BrN3/c1-4-19-17(15-7-5-6-8-16(15)18)10-12-21-11-9-14(13-21)20(2)3/h5-8,14,17,19H,4,9-13H2,1-3H3. The summed E-state index contributed by atoms with van der Waals surface area (Å²) in [5, 5.41) is 3.63. The van der Waals surface area contributed by atoms with Crippen LogP contribution < -0.4 is 5.32 Å². The van der Waals surface area contributed by atoms with Crippen LogP contribution in [0.3, 0.4) is 0 Å².